The molecular weight excluding hydrogens is 619 g/mol. The van der Waals surface area contributed by atoms with Crippen LogP contribution in [0.4, 0.5) is 17.1 Å². The van der Waals surface area contributed by atoms with Crippen LogP contribution in [0.1, 0.15) is 22.3 Å². The molecule has 0 bridgehead atoms. The Kier molecular flexibility index (Phi) is 5.20. The molecule has 0 radical (unpaired) electrons. The van der Waals surface area contributed by atoms with Crippen molar-refractivity contribution >= 4 is 71.3 Å². The van der Waals surface area contributed by atoms with Crippen LogP contribution in [0.25, 0.3) is 65.4 Å². The van der Waals surface area contributed by atoms with E-state index in [1.54, 1.807) is 0 Å². The Balaban J connectivity index is 1.08. The molecule has 236 valence electrons. The third-order valence-corrected chi connectivity index (χ3v) is 11.6. The van der Waals surface area contributed by atoms with E-state index in [0.29, 0.717) is 0 Å². The van der Waals surface area contributed by atoms with E-state index in [0.717, 1.165) is 50.1 Å². The van der Waals surface area contributed by atoms with Gasteiger partial charge in [0.25, 0.3) is 0 Å². The molecule has 0 fully saturated rings. The van der Waals surface area contributed by atoms with Gasteiger partial charge in [0, 0.05) is 27.5 Å². The molecule has 0 N–H and O–H groups in total. The van der Waals surface area contributed by atoms with E-state index in [2.05, 4.69) is 169 Å². The van der Waals surface area contributed by atoms with Crippen molar-refractivity contribution < 1.29 is 4.42 Å². The highest BCUT2D eigenvalue weighted by Gasteiger charge is 2.54. The third kappa shape index (κ3) is 3.46. The first-order chi connectivity index (χ1) is 25.3. The van der Waals surface area contributed by atoms with Crippen LogP contribution < -0.4 is 4.90 Å². The maximum absolute atomic E-state index is 6.31. The molecule has 10 aromatic rings. The summed E-state index contributed by atoms with van der Waals surface area (Å²) in [5, 5.41) is 10.1. The number of fused-ring (bicyclic) bond motifs is 8. The highest BCUT2D eigenvalue weighted by molar-refractivity contribution is 6.12. The largest absolute Gasteiger partial charge is 0.456 e. The van der Waals surface area contributed by atoms with Crippen LogP contribution in [0, 0.1) is 0 Å². The molecule has 2 aliphatic rings. The molecule has 12 rings (SSSR count). The average Bonchev–Trinajstić information content (AvgIpc) is 3.55. The maximum atomic E-state index is 6.31. The van der Waals surface area contributed by atoms with Crippen LogP contribution in [0.15, 0.2) is 180 Å². The molecular formula is C49H29NO. The summed E-state index contributed by atoms with van der Waals surface area (Å²) in [6.07, 6.45) is 0. The Labute approximate surface area is 294 Å². The predicted octanol–water partition coefficient (Wildman–Crippen LogP) is 13.2. The second kappa shape index (κ2) is 9.74. The molecule has 0 atom stereocenters. The first kappa shape index (κ1) is 27.2. The quantitative estimate of drug-likeness (QED) is 0.189. The molecule has 9 aromatic carbocycles. The maximum Gasteiger partial charge on any atom is 0.136 e. The molecule has 0 amide bonds. The van der Waals surface area contributed by atoms with Gasteiger partial charge in [-0.15, -0.1) is 0 Å². The van der Waals surface area contributed by atoms with Crippen LogP contribution in [-0.4, -0.2) is 0 Å². The molecule has 51 heavy (non-hydrogen) atoms. The summed E-state index contributed by atoms with van der Waals surface area (Å²) in [5.41, 5.74) is 13.0. The fraction of sp³-hybridized carbons (Fsp3) is 0.0204. The van der Waals surface area contributed by atoms with Gasteiger partial charge in [-0.05, 0) is 109 Å². The lowest BCUT2D eigenvalue weighted by Crippen LogP contribution is -2.43. The number of hydrogen-bond donors (Lipinski definition) is 0. The molecule has 1 aromatic heterocycles. The van der Waals surface area contributed by atoms with Gasteiger partial charge < -0.3 is 9.32 Å². The lowest BCUT2D eigenvalue weighted by atomic mass is 9.49. The molecule has 1 spiro atoms. The first-order valence-corrected chi connectivity index (χ1v) is 17.7. The summed E-state index contributed by atoms with van der Waals surface area (Å²) in [4.78, 5) is 2.46. The van der Waals surface area contributed by atoms with Crippen LogP contribution in [-0.2, 0) is 5.41 Å². The fourth-order valence-corrected chi connectivity index (χ4v) is 9.42. The van der Waals surface area contributed by atoms with Gasteiger partial charge in [0.15, 0.2) is 0 Å². The Morgan fingerprint density at radius 1 is 0.373 bits per heavy atom. The lowest BCUT2D eigenvalue weighted by molar-refractivity contribution is 0.669. The molecule has 2 nitrogen and oxygen atoms in total. The SMILES string of the molecule is c1cc(-c2ccc3c(c2)oc2ccccc23)cc(N(c2cc3c4c(cccc4c2)C32c3cccc4cccc2c34)c2cccc3ccccc23)c1. The van der Waals surface area contributed by atoms with Crippen molar-refractivity contribution in [3.63, 3.8) is 0 Å². The minimum atomic E-state index is -0.199. The molecule has 2 heteroatoms. The summed E-state index contributed by atoms with van der Waals surface area (Å²) >= 11 is 0. The number of rotatable bonds is 4. The monoisotopic (exact) mass is 647 g/mol. The normalized spacial score (nSPS) is 13.6. The number of hydrogen-bond acceptors (Lipinski definition) is 2. The van der Waals surface area contributed by atoms with E-state index >= 15 is 0 Å². The molecule has 0 saturated heterocycles. The summed E-state index contributed by atoms with van der Waals surface area (Å²) in [5.74, 6) is 0. The molecule has 0 unspecified atom stereocenters. The van der Waals surface area contributed by atoms with E-state index < -0.39 is 0 Å². The number of para-hydroxylation sites is 1. The number of nitrogens with zero attached hydrogens (tertiary/aromatic N) is 1. The van der Waals surface area contributed by atoms with Crippen LogP contribution in [0.2, 0.25) is 0 Å². The van der Waals surface area contributed by atoms with Gasteiger partial charge in [0.05, 0.1) is 11.1 Å². The number of furan rings is 1. The van der Waals surface area contributed by atoms with Gasteiger partial charge in [-0.1, -0.05) is 127 Å². The van der Waals surface area contributed by atoms with Gasteiger partial charge in [-0.25, -0.2) is 0 Å². The van der Waals surface area contributed by atoms with Crippen molar-refractivity contribution in [3.8, 4) is 11.1 Å². The lowest BCUT2D eigenvalue weighted by Gasteiger charge is -2.52. The first-order valence-electron chi connectivity index (χ1n) is 17.7. The van der Waals surface area contributed by atoms with Gasteiger partial charge in [0.1, 0.15) is 11.2 Å². The van der Waals surface area contributed by atoms with Crippen molar-refractivity contribution in [1.82, 2.24) is 0 Å². The topological polar surface area (TPSA) is 16.4 Å². The van der Waals surface area contributed by atoms with Gasteiger partial charge in [0.2, 0.25) is 0 Å². The van der Waals surface area contributed by atoms with Crippen LogP contribution in [0.5, 0.6) is 0 Å². The number of anilines is 3. The molecule has 2 aliphatic carbocycles. The van der Waals surface area contributed by atoms with Crippen LogP contribution >= 0.6 is 0 Å². The van der Waals surface area contributed by atoms with Gasteiger partial charge in [-0.3, -0.25) is 0 Å². The standard InChI is InChI=1S/C49H29NO/c1-2-17-37-30(10-1)11-9-22-44(37)50(35-16-5-14-32(26-35)33-24-25-39-38-18-3-4-23-45(38)51-46(39)28-33)36-27-34-15-8-21-42-48(34)43(29-36)49(42)40-19-6-12-31-13-7-20-41(49)47(31)40/h1-29H. The smallest absolute Gasteiger partial charge is 0.136 e. The van der Waals surface area contributed by atoms with Crippen molar-refractivity contribution in [1.29, 1.82) is 0 Å². The molecule has 1 heterocycles. The highest BCUT2D eigenvalue weighted by Crippen LogP contribution is 2.65. The van der Waals surface area contributed by atoms with E-state index in [4.69, 9.17) is 4.42 Å². The van der Waals surface area contributed by atoms with E-state index in [-0.39, 0.29) is 5.41 Å². The number of benzene rings is 9. The second-order valence-electron chi connectivity index (χ2n) is 14.0. The van der Waals surface area contributed by atoms with E-state index in [1.165, 1.54) is 54.6 Å². The van der Waals surface area contributed by atoms with Crippen molar-refractivity contribution in [2.45, 2.75) is 5.41 Å². The predicted molar refractivity (Wildman–Crippen MR) is 212 cm³/mol. The zero-order valence-corrected chi connectivity index (χ0v) is 27.6. The van der Waals surface area contributed by atoms with E-state index in [9.17, 15) is 0 Å². The second-order valence-corrected chi connectivity index (χ2v) is 14.0. The Morgan fingerprint density at radius 2 is 1.00 bits per heavy atom. The molecule has 0 saturated carbocycles. The van der Waals surface area contributed by atoms with Crippen molar-refractivity contribution in [2.75, 3.05) is 4.90 Å². The van der Waals surface area contributed by atoms with Gasteiger partial charge >= 0.3 is 0 Å². The minimum Gasteiger partial charge on any atom is -0.456 e. The van der Waals surface area contributed by atoms with Crippen molar-refractivity contribution in [3.05, 3.63) is 198 Å². The fourth-order valence-electron chi connectivity index (χ4n) is 9.42. The molecule has 0 aliphatic heterocycles. The Bertz CT molecular complexity index is 3070. The zero-order valence-electron chi connectivity index (χ0n) is 27.6. The summed E-state index contributed by atoms with van der Waals surface area (Å²) in [6.45, 7) is 0. The zero-order chi connectivity index (χ0) is 33.3. The Hall–Kier alpha value is -6.64. The minimum absolute atomic E-state index is 0.199. The van der Waals surface area contributed by atoms with E-state index in [1.807, 2.05) is 12.1 Å². The highest BCUT2D eigenvalue weighted by atomic mass is 16.3. The summed E-state index contributed by atoms with van der Waals surface area (Å²) in [7, 11) is 0. The van der Waals surface area contributed by atoms with Crippen LogP contribution in [0.3, 0.4) is 0 Å². The van der Waals surface area contributed by atoms with Crippen molar-refractivity contribution in [2.24, 2.45) is 0 Å². The summed E-state index contributed by atoms with van der Waals surface area (Å²) in [6, 6.07) is 64.5. The third-order valence-electron chi connectivity index (χ3n) is 11.6. The van der Waals surface area contributed by atoms with Gasteiger partial charge in [-0.2, -0.15) is 0 Å². The Morgan fingerprint density at radius 3 is 1.84 bits per heavy atom. The average molecular weight is 648 g/mol. The summed E-state index contributed by atoms with van der Waals surface area (Å²) < 4.78 is 6.31.